The first kappa shape index (κ1) is 37.4. The summed E-state index contributed by atoms with van der Waals surface area (Å²) in [5, 5.41) is 14.4. The molecular weight excluding hydrogens is 354 g/mol. The molecule has 5 nitrogen and oxygen atoms in total. The first-order valence-corrected chi connectivity index (χ1v) is 4.33. The van der Waals surface area contributed by atoms with Crippen molar-refractivity contribution in [3.05, 3.63) is 0 Å². The molecule has 0 aromatic rings. The highest BCUT2D eigenvalue weighted by Crippen LogP contribution is 1.68. The minimum atomic E-state index is -1.75. The zero-order chi connectivity index (χ0) is 19.1. The van der Waals surface area contributed by atoms with Crippen LogP contribution in [0.3, 0.4) is 0 Å². The van der Waals surface area contributed by atoms with Crippen LogP contribution in [-0.4, -0.2) is 57.9 Å². The first-order chi connectivity index (χ1) is 10.5. The van der Waals surface area contributed by atoms with E-state index in [9.17, 15) is 44.3 Å². The lowest BCUT2D eigenvalue weighted by Crippen LogP contribution is -1.77. The van der Waals surface area contributed by atoms with Crippen molar-refractivity contribution >= 4 is 0 Å². The summed E-state index contributed by atoms with van der Waals surface area (Å²) in [7, 11) is 0. The Kier molecular flexibility index (Phi) is 150. The molecule has 0 heterocycles. The zero-order valence-electron chi connectivity index (χ0n) is 10.8. The smallest absolute Gasteiger partial charge is 0.229 e. The fourth-order valence-electron chi connectivity index (χ4n) is 0. The highest BCUT2D eigenvalue weighted by atomic mass is 19.3. The van der Waals surface area contributed by atoms with Crippen LogP contribution in [0.2, 0.25) is 0 Å². The summed E-state index contributed by atoms with van der Waals surface area (Å²) in [4.78, 5) is 7.12. The van der Waals surface area contributed by atoms with Gasteiger partial charge < -0.3 is 10.2 Å². The van der Waals surface area contributed by atoms with Crippen LogP contribution in [0.25, 0.3) is 0 Å². The summed E-state index contributed by atoms with van der Waals surface area (Å²) in [5.41, 5.74) is 0. The van der Waals surface area contributed by atoms with Gasteiger partial charge in [-0.05, 0) is 13.6 Å². The molecule has 0 saturated heterocycles. The highest BCUT2D eigenvalue weighted by molar-refractivity contribution is 4.08. The van der Waals surface area contributed by atoms with E-state index in [2.05, 4.69) is 14.8 Å². The molecule has 0 radical (unpaired) electrons. The second kappa shape index (κ2) is 88.5. The molecule has 15 heteroatoms. The summed E-state index contributed by atoms with van der Waals surface area (Å²) >= 11 is 0. The van der Waals surface area contributed by atoms with E-state index >= 15 is 0 Å². The van der Waals surface area contributed by atoms with Gasteiger partial charge in [-0.15, -0.1) is 0 Å². The Balaban J connectivity index is -0.0000000351. The predicted molar refractivity (Wildman–Crippen MR) is 52.8 cm³/mol. The van der Waals surface area contributed by atoms with Gasteiger partial charge in [0.1, 0.15) is 6.67 Å². The molecule has 22 heavy (non-hydrogen) atoms. The molecular formula is C7H16F10O5. The van der Waals surface area contributed by atoms with E-state index in [1.54, 1.807) is 0 Å². The molecule has 144 valence electrons. The van der Waals surface area contributed by atoms with Gasteiger partial charge in [-0.2, -0.15) is 14.8 Å². The molecule has 0 aromatic carbocycles. The predicted octanol–water partition coefficient (Wildman–Crippen LogP) is 3.18. The van der Waals surface area contributed by atoms with Crippen molar-refractivity contribution in [2.24, 2.45) is 0 Å². The van der Waals surface area contributed by atoms with Crippen LogP contribution < -0.4 is 0 Å². The minimum absolute atomic E-state index is 0.347. The fraction of sp³-hybridized carbons (Fsp3) is 1.00. The van der Waals surface area contributed by atoms with Gasteiger partial charge >= 0.3 is 0 Å². The van der Waals surface area contributed by atoms with Crippen molar-refractivity contribution in [3.8, 4) is 0 Å². The van der Waals surface area contributed by atoms with Crippen molar-refractivity contribution in [1.82, 2.24) is 0 Å². The van der Waals surface area contributed by atoms with E-state index in [0.29, 0.717) is 0 Å². The lowest BCUT2D eigenvalue weighted by Gasteiger charge is -1.66. The van der Waals surface area contributed by atoms with Crippen LogP contribution in [-0.2, 0) is 14.8 Å². The molecule has 0 spiro atoms. The second-order valence-electron chi connectivity index (χ2n) is 1.29. The lowest BCUT2D eigenvalue weighted by atomic mass is 10.9. The van der Waals surface area contributed by atoms with Gasteiger partial charge in [0.25, 0.3) is 0 Å². The molecule has 0 fully saturated rings. The van der Waals surface area contributed by atoms with E-state index < -0.39 is 41.0 Å². The number of rotatable bonds is 4. The summed E-state index contributed by atoms with van der Waals surface area (Å²) in [6.45, 7) is -8.01. The van der Waals surface area contributed by atoms with Crippen molar-refractivity contribution in [3.63, 3.8) is 0 Å². The molecule has 0 aliphatic heterocycles. The molecule has 0 saturated carbocycles. The number of aliphatic hydroxyl groups is 2. The first-order valence-electron chi connectivity index (χ1n) is 4.33. The fourth-order valence-corrected chi connectivity index (χ4v) is 0. The molecule has 0 bridgehead atoms. The average Bonchev–Trinajstić information content (AvgIpc) is 2.56. The Labute approximate surface area is 118 Å². The summed E-state index contributed by atoms with van der Waals surface area (Å²) in [6, 6.07) is 0. The summed E-state index contributed by atoms with van der Waals surface area (Å²) in [6.07, 6.45) is 0. The number of aliphatic hydroxyl groups excluding tert-OH is 2. The molecule has 0 unspecified atom stereocenters. The van der Waals surface area contributed by atoms with Crippen molar-refractivity contribution in [2.75, 3.05) is 47.7 Å². The summed E-state index contributed by atoms with van der Waals surface area (Å²) < 4.78 is 99.5. The number of halogens is 10. The second-order valence-corrected chi connectivity index (χ2v) is 1.29. The maximum Gasteiger partial charge on any atom is 0.229 e. The van der Waals surface area contributed by atoms with Crippen molar-refractivity contribution in [1.29, 1.82) is 0 Å². The van der Waals surface area contributed by atoms with E-state index in [1.807, 2.05) is 0 Å². The monoisotopic (exact) mass is 370 g/mol. The molecule has 2 N–H and O–H groups in total. The van der Waals surface area contributed by atoms with Crippen LogP contribution in [0.1, 0.15) is 0 Å². The average molecular weight is 370 g/mol. The van der Waals surface area contributed by atoms with Gasteiger partial charge in [0.2, 0.25) is 27.5 Å². The third kappa shape index (κ3) is 651. The third-order valence-corrected chi connectivity index (χ3v) is 0.208. The van der Waals surface area contributed by atoms with Crippen molar-refractivity contribution in [2.45, 2.75) is 0 Å². The van der Waals surface area contributed by atoms with Crippen LogP contribution in [0.4, 0.5) is 44.3 Å². The topological polar surface area (TPSA) is 68.2 Å². The standard InChI is InChI=1S/C2H5FO.3CH2F2O.CH2F2.CH3FO/c3-1-2-4;3*2-1-4-3;2*2-1-3/h4H,1-2H2;3*1H2;1H2;3H,1H2. The Morgan fingerprint density at radius 1 is 0.591 bits per heavy atom. The third-order valence-electron chi connectivity index (χ3n) is 0.208. The van der Waals surface area contributed by atoms with Gasteiger partial charge in [-0.1, -0.05) is 0 Å². The normalized spacial score (nSPS) is 7.09. The van der Waals surface area contributed by atoms with Gasteiger partial charge in [0.05, 0.1) is 6.61 Å². The van der Waals surface area contributed by atoms with E-state index in [4.69, 9.17) is 10.2 Å². The molecule has 0 amide bonds. The van der Waals surface area contributed by atoms with Crippen LogP contribution in [0.15, 0.2) is 0 Å². The van der Waals surface area contributed by atoms with Gasteiger partial charge in [0.15, 0.2) is 6.86 Å². The number of hydrogen-bond donors (Lipinski definition) is 2. The number of alkyl halides is 7. The molecule has 0 rings (SSSR count). The van der Waals surface area contributed by atoms with E-state index in [0.717, 1.165) is 0 Å². The van der Waals surface area contributed by atoms with Gasteiger partial charge in [-0.25, -0.2) is 30.7 Å². The maximum absolute atomic E-state index is 10.5. The van der Waals surface area contributed by atoms with Crippen molar-refractivity contribution < 1.29 is 69.3 Å². The van der Waals surface area contributed by atoms with Gasteiger partial charge in [0, 0.05) is 0 Å². The Bertz CT molecular complexity index is 74.1. The largest absolute Gasteiger partial charge is 0.394 e. The Morgan fingerprint density at radius 2 is 0.682 bits per heavy atom. The van der Waals surface area contributed by atoms with Crippen LogP contribution in [0, 0.1) is 0 Å². The number of hydrogen-bond acceptors (Lipinski definition) is 5. The molecule has 0 aliphatic rings. The van der Waals surface area contributed by atoms with Crippen LogP contribution >= 0.6 is 0 Å². The van der Waals surface area contributed by atoms with Crippen LogP contribution in [0.5, 0.6) is 0 Å². The molecule has 0 aliphatic carbocycles. The molecule has 0 atom stereocenters. The van der Waals surface area contributed by atoms with E-state index in [-0.39, 0.29) is 6.61 Å². The molecule has 0 aromatic heterocycles. The van der Waals surface area contributed by atoms with E-state index in [1.165, 1.54) is 0 Å². The zero-order valence-corrected chi connectivity index (χ0v) is 10.8. The maximum atomic E-state index is 10.5. The SMILES string of the molecule is FCF.FCOF.FCOF.FCOF.OCCF.OCF. The highest BCUT2D eigenvalue weighted by Gasteiger charge is 1.63. The Morgan fingerprint density at radius 3 is 0.682 bits per heavy atom. The Hall–Kier alpha value is -0.900. The van der Waals surface area contributed by atoms with Gasteiger partial charge in [-0.3, -0.25) is 0 Å². The summed E-state index contributed by atoms with van der Waals surface area (Å²) in [5.74, 6) is 0. The lowest BCUT2D eigenvalue weighted by molar-refractivity contribution is -0.167. The quantitative estimate of drug-likeness (QED) is 0.744. The minimum Gasteiger partial charge on any atom is -0.394 e.